The molecular formula is C32H44N4O3S. The number of ether oxygens (including phenoxy) is 2. The highest BCUT2D eigenvalue weighted by Crippen LogP contribution is 2.36. The third-order valence-electron chi connectivity index (χ3n) is 6.53. The first-order chi connectivity index (χ1) is 19.1. The minimum absolute atomic E-state index is 0.0727. The molecule has 2 heterocycles. The number of hydrogen-bond donors (Lipinski definition) is 0. The average Bonchev–Trinajstić information content (AvgIpc) is 3.32. The number of likely N-dealkylation sites (N-methyl/N-ethyl adjacent to an activating group) is 1. The molecule has 4 aromatic rings. The highest BCUT2D eigenvalue weighted by Gasteiger charge is 2.20. The van der Waals surface area contributed by atoms with Gasteiger partial charge in [-0.15, -0.1) is 0 Å². The van der Waals surface area contributed by atoms with Crippen LogP contribution in [0.5, 0.6) is 5.75 Å². The second-order valence-electron chi connectivity index (χ2n) is 10.6. The van der Waals surface area contributed by atoms with Crippen molar-refractivity contribution >= 4 is 27.0 Å². The fourth-order valence-electron chi connectivity index (χ4n) is 4.32. The van der Waals surface area contributed by atoms with Crippen molar-refractivity contribution in [2.45, 2.75) is 33.4 Å². The van der Waals surface area contributed by atoms with Gasteiger partial charge in [-0.3, -0.25) is 4.79 Å². The summed E-state index contributed by atoms with van der Waals surface area (Å²) in [6.07, 6.45) is 8.72. The Morgan fingerprint density at radius 1 is 1.02 bits per heavy atom. The fraction of sp³-hybridized carbons (Fsp3) is 0.406. The van der Waals surface area contributed by atoms with E-state index in [1.165, 1.54) is 0 Å². The predicted octanol–water partition coefficient (Wildman–Crippen LogP) is 6.66. The first-order valence-electron chi connectivity index (χ1n) is 13.6. The van der Waals surface area contributed by atoms with Crippen molar-refractivity contribution in [1.29, 1.82) is 0 Å². The maximum atomic E-state index is 12.6. The Kier molecular flexibility index (Phi) is 10.8. The lowest BCUT2D eigenvalue weighted by Crippen LogP contribution is -2.26. The number of carbonyl (C=O) groups excluding carboxylic acids is 1. The Morgan fingerprint density at radius 3 is 2.42 bits per heavy atom. The summed E-state index contributed by atoms with van der Waals surface area (Å²) in [5, 5.41) is 5.85. The van der Waals surface area contributed by atoms with Gasteiger partial charge < -0.3 is 14.4 Å². The molecule has 0 N–H and O–H groups in total. The third kappa shape index (κ3) is 7.43. The summed E-state index contributed by atoms with van der Waals surface area (Å²) in [5.41, 5.74) is 5.37. The lowest BCUT2D eigenvalue weighted by molar-refractivity contribution is -0.129. The van der Waals surface area contributed by atoms with Gasteiger partial charge in [-0.25, -0.2) is 19.7 Å². The van der Waals surface area contributed by atoms with Crippen LogP contribution >= 0.6 is 10.0 Å². The molecule has 0 saturated heterocycles. The van der Waals surface area contributed by atoms with Crippen molar-refractivity contribution in [3.63, 3.8) is 0 Å². The van der Waals surface area contributed by atoms with Gasteiger partial charge in [0.25, 0.3) is 0 Å². The number of amides is 1. The van der Waals surface area contributed by atoms with E-state index in [0.717, 1.165) is 50.5 Å². The van der Waals surface area contributed by atoms with Crippen LogP contribution < -0.4 is 4.74 Å². The number of fused-ring (bicyclic) bond motifs is 1. The van der Waals surface area contributed by atoms with Gasteiger partial charge in [0.15, 0.2) is 5.65 Å². The lowest BCUT2D eigenvalue weighted by Gasteiger charge is -2.24. The van der Waals surface area contributed by atoms with Crippen LogP contribution in [0.2, 0.25) is 0 Å². The second-order valence-corrected chi connectivity index (χ2v) is 15.1. The summed E-state index contributed by atoms with van der Waals surface area (Å²) >= 11 is 0. The molecule has 2 aromatic heterocycles. The highest BCUT2D eigenvalue weighted by atomic mass is 32.3. The summed E-state index contributed by atoms with van der Waals surface area (Å²) < 4.78 is 13.5. The van der Waals surface area contributed by atoms with E-state index in [4.69, 9.17) is 19.6 Å². The Morgan fingerprint density at radius 2 is 1.75 bits per heavy atom. The minimum atomic E-state index is -0.635. The monoisotopic (exact) mass is 564 g/mol. The van der Waals surface area contributed by atoms with Crippen LogP contribution in [0, 0.1) is 0 Å². The molecule has 0 aliphatic heterocycles. The summed E-state index contributed by atoms with van der Waals surface area (Å²) in [7, 11) is 4.60. The van der Waals surface area contributed by atoms with Gasteiger partial charge in [0.1, 0.15) is 18.2 Å². The molecule has 0 aliphatic rings. The number of aromatic nitrogens is 3. The summed E-state index contributed by atoms with van der Waals surface area (Å²) in [6, 6.07) is 18.1. The molecule has 0 bridgehead atoms. The van der Waals surface area contributed by atoms with E-state index in [1.807, 2.05) is 74.1 Å². The molecule has 1 unspecified atom stereocenters. The second kappa shape index (κ2) is 13.8. The van der Waals surface area contributed by atoms with Crippen LogP contribution in [0.3, 0.4) is 0 Å². The Labute approximate surface area is 240 Å². The Hall–Kier alpha value is -3.36. The average molecular weight is 565 g/mol. The van der Waals surface area contributed by atoms with Crippen LogP contribution in [0.4, 0.5) is 0 Å². The number of pyridine rings is 1. The van der Waals surface area contributed by atoms with Gasteiger partial charge in [0, 0.05) is 42.6 Å². The number of benzene rings is 2. The van der Waals surface area contributed by atoms with Crippen molar-refractivity contribution in [2.75, 3.05) is 52.3 Å². The lowest BCUT2D eigenvalue weighted by atomic mass is 9.95. The largest absolute Gasteiger partial charge is 0.496 e. The van der Waals surface area contributed by atoms with E-state index in [2.05, 4.69) is 30.9 Å². The molecule has 1 atom stereocenters. The molecule has 2 aromatic carbocycles. The molecule has 40 heavy (non-hydrogen) atoms. The summed E-state index contributed by atoms with van der Waals surface area (Å²) in [5.74, 6) is 1.62. The van der Waals surface area contributed by atoms with Crippen molar-refractivity contribution in [1.82, 2.24) is 19.7 Å². The fourth-order valence-corrected chi connectivity index (χ4v) is 4.94. The van der Waals surface area contributed by atoms with E-state index >= 15 is 0 Å². The van der Waals surface area contributed by atoms with Crippen molar-refractivity contribution in [2.24, 2.45) is 0 Å². The van der Waals surface area contributed by atoms with Gasteiger partial charge in [-0.05, 0) is 55.0 Å². The number of nitrogens with zero attached hydrogens (tertiary/aromatic N) is 4. The van der Waals surface area contributed by atoms with Gasteiger partial charge in [0.05, 0.1) is 19.6 Å². The van der Waals surface area contributed by atoms with Crippen molar-refractivity contribution in [3.8, 4) is 28.1 Å². The number of para-hydroxylation sites is 1. The van der Waals surface area contributed by atoms with Crippen molar-refractivity contribution < 1.29 is 14.3 Å². The van der Waals surface area contributed by atoms with Gasteiger partial charge >= 0.3 is 0 Å². The molecule has 4 rings (SSSR count). The molecule has 0 saturated carbocycles. The Bertz CT molecular complexity index is 1430. The van der Waals surface area contributed by atoms with Gasteiger partial charge in [-0.1, -0.05) is 50.2 Å². The van der Waals surface area contributed by atoms with E-state index < -0.39 is 10.0 Å². The minimum Gasteiger partial charge on any atom is -0.496 e. The van der Waals surface area contributed by atoms with E-state index in [9.17, 15) is 4.79 Å². The summed E-state index contributed by atoms with van der Waals surface area (Å²) in [6.45, 7) is 6.94. The van der Waals surface area contributed by atoms with Crippen LogP contribution in [0.15, 0.2) is 60.8 Å². The van der Waals surface area contributed by atoms with E-state index in [0.29, 0.717) is 13.3 Å². The van der Waals surface area contributed by atoms with Crippen LogP contribution in [0.25, 0.3) is 33.4 Å². The standard InChI is InChI=1S/C30H38N4O3S.C2H6/c1-21(30(35)33(2)3)22-11-10-12-23(17-22)24-18-26-28(25-13-8-9-14-27(25)36-4)32-34(29(26)31-19-24)20-37-15-16-38(5,6)7;1-2/h8-14,17-19,21H,15-16,20H2,1-7H3;1-2H3. The normalized spacial score (nSPS) is 12.4. The van der Waals surface area contributed by atoms with E-state index in [1.54, 1.807) is 26.1 Å². The zero-order chi connectivity index (χ0) is 29.4. The Balaban J connectivity index is 0.00000216. The number of methoxy groups -OCH3 is 1. The van der Waals surface area contributed by atoms with Gasteiger partial charge in [0.2, 0.25) is 5.91 Å². The zero-order valence-corrected chi connectivity index (χ0v) is 26.2. The van der Waals surface area contributed by atoms with Crippen LogP contribution in [-0.2, 0) is 16.3 Å². The maximum absolute atomic E-state index is 12.6. The van der Waals surface area contributed by atoms with Crippen LogP contribution in [-0.4, -0.2) is 77.9 Å². The topological polar surface area (TPSA) is 69.5 Å². The number of rotatable bonds is 10. The SMILES string of the molecule is CC.COc1ccccc1-c1nn(COCCS(C)(C)C)c2ncc(-c3cccc(C(C)C(=O)N(C)C)c3)cc12. The summed E-state index contributed by atoms with van der Waals surface area (Å²) in [4.78, 5) is 19.0. The number of hydrogen-bond acceptors (Lipinski definition) is 5. The smallest absolute Gasteiger partial charge is 0.229 e. The highest BCUT2D eigenvalue weighted by molar-refractivity contribution is 8.32. The molecule has 0 aliphatic carbocycles. The predicted molar refractivity (Wildman–Crippen MR) is 170 cm³/mol. The first-order valence-corrected chi connectivity index (χ1v) is 16.7. The molecule has 7 nitrogen and oxygen atoms in total. The first kappa shape index (κ1) is 31.2. The molecule has 1 amide bonds. The van der Waals surface area contributed by atoms with Crippen molar-refractivity contribution in [3.05, 3.63) is 66.4 Å². The maximum Gasteiger partial charge on any atom is 0.229 e. The third-order valence-corrected chi connectivity index (χ3v) is 7.93. The molecule has 0 fully saturated rings. The molecule has 0 radical (unpaired) electrons. The quantitative estimate of drug-likeness (QED) is 0.202. The molecule has 8 heteroatoms. The molecule has 0 spiro atoms. The zero-order valence-electron chi connectivity index (χ0n) is 25.4. The number of carbonyl (C=O) groups is 1. The van der Waals surface area contributed by atoms with E-state index in [-0.39, 0.29) is 11.8 Å². The van der Waals surface area contributed by atoms with Crippen LogP contribution in [0.1, 0.15) is 32.3 Å². The molecule has 216 valence electrons. The van der Waals surface area contributed by atoms with Gasteiger partial charge in [-0.2, -0.15) is 5.10 Å². The molecular weight excluding hydrogens is 520 g/mol.